The summed E-state index contributed by atoms with van der Waals surface area (Å²) in [7, 11) is 0. The first-order chi connectivity index (χ1) is 9.20. The first-order valence-electron chi connectivity index (χ1n) is 6.02. The molecule has 110 valence electrons. The molecule has 0 bridgehead atoms. The zero-order valence-electron chi connectivity index (χ0n) is 10.6. The van der Waals surface area contributed by atoms with Crippen LogP contribution in [0.5, 0.6) is 0 Å². The van der Waals surface area contributed by atoms with Crippen molar-refractivity contribution >= 4 is 11.9 Å². The Kier molecular flexibility index (Phi) is 3.49. The normalized spacial score (nSPS) is 16.8. The molecule has 1 heterocycles. The van der Waals surface area contributed by atoms with Crippen molar-refractivity contribution in [2.24, 2.45) is 0 Å². The van der Waals surface area contributed by atoms with E-state index in [0.717, 1.165) is 23.6 Å². The number of carbonyl (C=O) groups excluding carboxylic acids is 1. The van der Waals surface area contributed by atoms with Crippen molar-refractivity contribution in [2.75, 3.05) is 0 Å². The first-order valence-corrected chi connectivity index (χ1v) is 6.02. The molecule has 0 radical (unpaired) electrons. The Hall–Kier alpha value is -1.99. The number of hydrogen-bond acceptors (Lipinski definition) is 2. The molecule has 1 aliphatic carbocycles. The topological polar surface area (TPSA) is 71.3 Å². The third kappa shape index (κ3) is 2.94. The van der Waals surface area contributed by atoms with Crippen molar-refractivity contribution in [1.29, 1.82) is 0 Å². The molecule has 8 heteroatoms. The highest BCUT2D eigenvalue weighted by Gasteiger charge is 2.38. The van der Waals surface area contributed by atoms with Gasteiger partial charge in [0.15, 0.2) is 0 Å². The lowest BCUT2D eigenvalue weighted by atomic mass is 10.2. The Morgan fingerprint density at radius 3 is 2.40 bits per heavy atom. The molecule has 0 saturated heterocycles. The van der Waals surface area contributed by atoms with Gasteiger partial charge in [-0.25, -0.2) is 4.79 Å². The lowest BCUT2D eigenvalue weighted by Gasteiger charge is -2.13. The summed E-state index contributed by atoms with van der Waals surface area (Å²) in [5.41, 5.74) is -2.11. The number of amides is 1. The van der Waals surface area contributed by atoms with Gasteiger partial charge in [-0.3, -0.25) is 4.79 Å². The van der Waals surface area contributed by atoms with Crippen molar-refractivity contribution in [2.45, 2.75) is 38.0 Å². The summed E-state index contributed by atoms with van der Waals surface area (Å²) in [5.74, 6) is -2.10. The summed E-state index contributed by atoms with van der Waals surface area (Å²) in [6.45, 7) is 1.42. The van der Waals surface area contributed by atoms with Gasteiger partial charge in [0.25, 0.3) is 0 Å². The van der Waals surface area contributed by atoms with Crippen molar-refractivity contribution in [3.05, 3.63) is 23.5 Å². The minimum atomic E-state index is -4.77. The van der Waals surface area contributed by atoms with Crippen LogP contribution in [0.2, 0.25) is 0 Å². The van der Waals surface area contributed by atoms with Gasteiger partial charge >= 0.3 is 12.1 Å². The Bertz CT molecular complexity index is 547. The summed E-state index contributed by atoms with van der Waals surface area (Å²) in [5, 5.41) is 11.5. The molecule has 20 heavy (non-hydrogen) atoms. The van der Waals surface area contributed by atoms with E-state index in [1.54, 1.807) is 0 Å². The number of carboxylic acids is 1. The van der Waals surface area contributed by atoms with Gasteiger partial charge in [-0.15, -0.1) is 0 Å². The Labute approximate surface area is 112 Å². The van der Waals surface area contributed by atoms with Crippen molar-refractivity contribution in [3.63, 3.8) is 0 Å². The number of hydrogen-bond donors (Lipinski definition) is 2. The lowest BCUT2D eigenvalue weighted by molar-refractivity contribution is -0.138. The van der Waals surface area contributed by atoms with Crippen LogP contribution in [0.1, 0.15) is 41.7 Å². The van der Waals surface area contributed by atoms with Crippen LogP contribution < -0.4 is 5.32 Å². The van der Waals surface area contributed by atoms with Crippen LogP contribution in [0.25, 0.3) is 0 Å². The molecule has 1 amide bonds. The van der Waals surface area contributed by atoms with Crippen LogP contribution >= 0.6 is 0 Å². The van der Waals surface area contributed by atoms with E-state index in [9.17, 15) is 22.8 Å². The predicted octanol–water partition coefficient (Wildman–Crippen LogP) is 2.04. The zero-order chi connectivity index (χ0) is 15.1. The fourth-order valence-corrected chi connectivity index (χ4v) is 1.78. The first kappa shape index (κ1) is 14.4. The Balaban J connectivity index is 2.27. The molecule has 5 nitrogen and oxygen atoms in total. The van der Waals surface area contributed by atoms with Gasteiger partial charge in [0.05, 0.1) is 11.1 Å². The fraction of sp³-hybridized carbons (Fsp3) is 0.500. The van der Waals surface area contributed by atoms with E-state index in [1.165, 1.54) is 6.92 Å². The molecule has 0 aromatic carbocycles. The number of rotatable bonds is 4. The second-order valence-electron chi connectivity index (χ2n) is 4.79. The standard InChI is InChI=1S/C12H13F3N2O3/c1-6(10(18)16-7-2-3-7)17-4-8(11(19)20)9(5-17)12(13,14)15/h4-7H,2-3H2,1H3,(H,16,18)(H,19,20). The number of aromatic carboxylic acids is 1. The maximum atomic E-state index is 12.7. The second kappa shape index (κ2) is 4.84. The van der Waals surface area contributed by atoms with E-state index < -0.39 is 35.2 Å². The van der Waals surface area contributed by atoms with Crippen LogP contribution in [-0.2, 0) is 11.0 Å². The molecular formula is C12H13F3N2O3. The van der Waals surface area contributed by atoms with E-state index in [1.807, 2.05) is 0 Å². The fourth-order valence-electron chi connectivity index (χ4n) is 1.78. The average Bonchev–Trinajstić information content (AvgIpc) is 3.01. The van der Waals surface area contributed by atoms with Crippen LogP contribution in [0, 0.1) is 0 Å². The van der Waals surface area contributed by atoms with E-state index in [0.29, 0.717) is 6.20 Å². The summed E-state index contributed by atoms with van der Waals surface area (Å²) in [4.78, 5) is 22.6. The molecule has 1 unspecified atom stereocenters. The summed E-state index contributed by atoms with van der Waals surface area (Å²) in [6.07, 6.45) is -1.56. The number of alkyl halides is 3. The lowest BCUT2D eigenvalue weighted by Crippen LogP contribution is -2.32. The van der Waals surface area contributed by atoms with E-state index in [4.69, 9.17) is 5.11 Å². The number of nitrogens with zero attached hydrogens (tertiary/aromatic N) is 1. The largest absolute Gasteiger partial charge is 0.478 e. The molecule has 1 aromatic rings. The van der Waals surface area contributed by atoms with Gasteiger partial charge in [-0.1, -0.05) is 0 Å². The number of carbonyl (C=O) groups is 2. The van der Waals surface area contributed by atoms with Gasteiger partial charge in [-0.05, 0) is 19.8 Å². The number of aromatic nitrogens is 1. The van der Waals surface area contributed by atoms with Crippen LogP contribution in [0.3, 0.4) is 0 Å². The smallest absolute Gasteiger partial charge is 0.418 e. The highest BCUT2D eigenvalue weighted by Crippen LogP contribution is 2.33. The van der Waals surface area contributed by atoms with E-state index >= 15 is 0 Å². The van der Waals surface area contributed by atoms with Crippen LogP contribution in [0.15, 0.2) is 12.4 Å². The molecular weight excluding hydrogens is 277 g/mol. The maximum Gasteiger partial charge on any atom is 0.418 e. The van der Waals surface area contributed by atoms with Crippen molar-refractivity contribution < 1.29 is 27.9 Å². The molecule has 0 spiro atoms. The molecule has 2 N–H and O–H groups in total. The third-order valence-electron chi connectivity index (χ3n) is 3.13. The van der Waals surface area contributed by atoms with Crippen molar-refractivity contribution in [1.82, 2.24) is 9.88 Å². The summed E-state index contributed by atoms with van der Waals surface area (Å²) in [6, 6.07) is -0.814. The van der Waals surface area contributed by atoms with E-state index in [2.05, 4.69) is 5.32 Å². The van der Waals surface area contributed by atoms with Crippen molar-refractivity contribution in [3.8, 4) is 0 Å². The molecule has 0 aliphatic heterocycles. The third-order valence-corrected chi connectivity index (χ3v) is 3.13. The van der Waals surface area contributed by atoms with Gasteiger partial charge in [0.1, 0.15) is 6.04 Å². The van der Waals surface area contributed by atoms with Crippen LogP contribution in [-0.4, -0.2) is 27.6 Å². The monoisotopic (exact) mass is 290 g/mol. The molecule has 1 aromatic heterocycles. The maximum absolute atomic E-state index is 12.7. The SMILES string of the molecule is CC(C(=O)NC1CC1)n1cc(C(=O)O)c(C(F)(F)F)c1. The summed E-state index contributed by atoms with van der Waals surface area (Å²) < 4.78 is 39.2. The highest BCUT2D eigenvalue weighted by atomic mass is 19.4. The molecule has 1 fully saturated rings. The molecule has 2 rings (SSSR count). The number of nitrogens with one attached hydrogen (secondary N) is 1. The molecule has 1 saturated carbocycles. The minimum absolute atomic E-state index is 0.0848. The molecule has 1 atom stereocenters. The number of halogens is 3. The highest BCUT2D eigenvalue weighted by molar-refractivity contribution is 5.90. The van der Waals surface area contributed by atoms with Gasteiger partial charge in [0.2, 0.25) is 5.91 Å². The summed E-state index contributed by atoms with van der Waals surface area (Å²) >= 11 is 0. The van der Waals surface area contributed by atoms with Gasteiger partial charge in [-0.2, -0.15) is 13.2 Å². The van der Waals surface area contributed by atoms with Gasteiger partial charge in [0, 0.05) is 18.4 Å². The quantitative estimate of drug-likeness (QED) is 0.891. The Morgan fingerprint density at radius 2 is 2.00 bits per heavy atom. The number of carboxylic acid groups (broad SMARTS) is 1. The predicted molar refractivity (Wildman–Crippen MR) is 62.3 cm³/mol. The van der Waals surface area contributed by atoms with Gasteiger partial charge < -0.3 is 15.0 Å². The van der Waals surface area contributed by atoms with E-state index in [-0.39, 0.29) is 6.04 Å². The molecule has 1 aliphatic rings. The zero-order valence-corrected chi connectivity index (χ0v) is 10.6. The minimum Gasteiger partial charge on any atom is -0.478 e. The average molecular weight is 290 g/mol. The second-order valence-corrected chi connectivity index (χ2v) is 4.79. The van der Waals surface area contributed by atoms with Crippen LogP contribution in [0.4, 0.5) is 13.2 Å². The Morgan fingerprint density at radius 1 is 1.40 bits per heavy atom.